The number of pyridine rings is 1. The molecule has 4 heterocycles. The molecule has 0 aromatic carbocycles. The second-order valence-corrected chi connectivity index (χ2v) is 11.3. The number of likely N-dealkylation sites (tertiary alicyclic amines) is 1. The normalized spacial score (nSPS) is 21.7. The lowest BCUT2D eigenvalue weighted by molar-refractivity contribution is -0.134. The third-order valence-corrected chi connectivity index (χ3v) is 7.31. The molecule has 0 radical (unpaired) electrons. The summed E-state index contributed by atoms with van der Waals surface area (Å²) in [6, 6.07) is 3.95. The number of piperazine rings is 1. The molecule has 4 amide bonds. The number of hydrogen-bond donors (Lipinski definition) is 2. The number of imide groups is 1. The Morgan fingerprint density at radius 2 is 1.79 bits per heavy atom. The first-order valence-corrected chi connectivity index (χ1v) is 13.6. The number of alkyl carbamates (subject to hydrolysis) is 1. The van der Waals surface area contributed by atoms with Crippen LogP contribution in [-0.2, 0) is 19.1 Å². The maximum Gasteiger partial charge on any atom is 0.407 e. The van der Waals surface area contributed by atoms with Gasteiger partial charge in [-0.25, -0.2) is 4.79 Å². The number of nitrogens with one attached hydrogen (secondary N) is 2. The molecule has 1 aromatic heterocycles. The quantitative estimate of drug-likeness (QED) is 0.534. The molecule has 0 bridgehead atoms. The summed E-state index contributed by atoms with van der Waals surface area (Å²) in [6.07, 6.45) is 4.10. The Morgan fingerprint density at radius 1 is 1.08 bits per heavy atom. The van der Waals surface area contributed by atoms with Crippen LogP contribution in [0.3, 0.4) is 0 Å². The van der Waals surface area contributed by atoms with Crippen LogP contribution < -0.4 is 15.5 Å². The Morgan fingerprint density at radius 3 is 2.45 bits per heavy atom. The molecule has 3 fully saturated rings. The average Bonchev–Trinajstić information content (AvgIpc) is 2.87. The van der Waals surface area contributed by atoms with Gasteiger partial charge in [-0.2, -0.15) is 0 Å². The number of amides is 4. The molecule has 208 valence electrons. The minimum atomic E-state index is -0.525. The lowest BCUT2D eigenvalue weighted by atomic mass is 9.94. The highest BCUT2D eigenvalue weighted by molar-refractivity contribution is 6.00. The predicted molar refractivity (Wildman–Crippen MR) is 142 cm³/mol. The van der Waals surface area contributed by atoms with Crippen LogP contribution in [0.2, 0.25) is 0 Å². The largest absolute Gasteiger partial charge is 0.444 e. The highest BCUT2D eigenvalue weighted by Crippen LogP contribution is 2.26. The SMILES string of the molecule is CC(C)(C)OC(=O)NC1CCN(C(=O)CCN2CCN(c3ccnc(C4CCC(=O)NC4=O)c3)CC2)CC1. The number of anilines is 1. The molecular formula is C27H40N6O5. The second kappa shape index (κ2) is 12.1. The molecule has 11 nitrogen and oxygen atoms in total. The Bertz CT molecular complexity index is 1030. The van der Waals surface area contributed by atoms with E-state index in [9.17, 15) is 19.2 Å². The summed E-state index contributed by atoms with van der Waals surface area (Å²) < 4.78 is 5.33. The molecule has 3 saturated heterocycles. The van der Waals surface area contributed by atoms with Crippen molar-refractivity contribution >= 4 is 29.5 Å². The molecule has 3 aliphatic heterocycles. The molecule has 4 rings (SSSR count). The molecule has 1 atom stereocenters. The summed E-state index contributed by atoms with van der Waals surface area (Å²) in [4.78, 5) is 59.4. The number of hydrogen-bond acceptors (Lipinski definition) is 8. The van der Waals surface area contributed by atoms with Gasteiger partial charge >= 0.3 is 6.09 Å². The van der Waals surface area contributed by atoms with Crippen LogP contribution in [0.25, 0.3) is 0 Å². The fraction of sp³-hybridized carbons (Fsp3) is 0.667. The van der Waals surface area contributed by atoms with Crippen LogP contribution in [0.4, 0.5) is 10.5 Å². The molecule has 2 N–H and O–H groups in total. The Hall–Kier alpha value is -3.21. The van der Waals surface area contributed by atoms with Crippen molar-refractivity contribution in [2.24, 2.45) is 0 Å². The number of carbonyl (C=O) groups excluding carboxylic acids is 4. The Labute approximate surface area is 224 Å². The summed E-state index contributed by atoms with van der Waals surface area (Å²) in [5.74, 6) is -0.732. The van der Waals surface area contributed by atoms with E-state index in [0.29, 0.717) is 38.0 Å². The van der Waals surface area contributed by atoms with Crippen molar-refractivity contribution in [3.8, 4) is 0 Å². The highest BCUT2D eigenvalue weighted by atomic mass is 16.6. The highest BCUT2D eigenvalue weighted by Gasteiger charge is 2.30. The second-order valence-electron chi connectivity index (χ2n) is 11.3. The Kier molecular flexibility index (Phi) is 8.86. The third kappa shape index (κ3) is 7.66. The molecule has 0 spiro atoms. The molecule has 0 aliphatic carbocycles. The lowest BCUT2D eigenvalue weighted by Crippen LogP contribution is -2.49. The van der Waals surface area contributed by atoms with Gasteiger partial charge < -0.3 is 19.9 Å². The van der Waals surface area contributed by atoms with Crippen molar-refractivity contribution in [1.82, 2.24) is 25.4 Å². The van der Waals surface area contributed by atoms with E-state index in [1.165, 1.54) is 0 Å². The maximum absolute atomic E-state index is 12.8. The zero-order chi connectivity index (χ0) is 27.3. The van der Waals surface area contributed by atoms with Gasteiger partial charge in [-0.3, -0.25) is 29.6 Å². The fourth-order valence-corrected chi connectivity index (χ4v) is 5.19. The number of rotatable bonds is 6. The molecule has 1 unspecified atom stereocenters. The van der Waals surface area contributed by atoms with Gasteiger partial charge in [-0.1, -0.05) is 0 Å². The number of piperidine rings is 2. The van der Waals surface area contributed by atoms with E-state index in [1.807, 2.05) is 37.8 Å². The molecule has 3 aliphatic rings. The third-order valence-electron chi connectivity index (χ3n) is 7.31. The first-order chi connectivity index (χ1) is 18.1. The maximum atomic E-state index is 12.8. The van der Waals surface area contributed by atoms with Crippen LogP contribution >= 0.6 is 0 Å². The van der Waals surface area contributed by atoms with E-state index >= 15 is 0 Å². The van der Waals surface area contributed by atoms with Gasteiger partial charge in [0.25, 0.3) is 0 Å². The van der Waals surface area contributed by atoms with Crippen molar-refractivity contribution in [1.29, 1.82) is 0 Å². The lowest BCUT2D eigenvalue weighted by Gasteiger charge is -2.37. The first kappa shape index (κ1) is 27.8. The van der Waals surface area contributed by atoms with E-state index in [4.69, 9.17) is 4.74 Å². The molecule has 1 aromatic rings. The zero-order valence-electron chi connectivity index (χ0n) is 22.7. The molecule has 11 heteroatoms. The predicted octanol–water partition coefficient (Wildman–Crippen LogP) is 1.63. The van der Waals surface area contributed by atoms with Gasteiger partial charge in [0.15, 0.2) is 0 Å². The zero-order valence-corrected chi connectivity index (χ0v) is 22.7. The fourth-order valence-electron chi connectivity index (χ4n) is 5.19. The number of aromatic nitrogens is 1. The van der Waals surface area contributed by atoms with Crippen molar-refractivity contribution < 1.29 is 23.9 Å². The average molecular weight is 529 g/mol. The van der Waals surface area contributed by atoms with Crippen LogP contribution in [0, 0.1) is 0 Å². The van der Waals surface area contributed by atoms with E-state index in [2.05, 4.69) is 25.4 Å². The van der Waals surface area contributed by atoms with Gasteiger partial charge in [-0.15, -0.1) is 0 Å². The number of ether oxygens (including phenoxy) is 1. The molecule has 38 heavy (non-hydrogen) atoms. The van der Waals surface area contributed by atoms with Crippen molar-refractivity contribution in [3.63, 3.8) is 0 Å². The topological polar surface area (TPSA) is 124 Å². The van der Waals surface area contributed by atoms with Gasteiger partial charge in [0, 0.05) is 76.6 Å². The minimum Gasteiger partial charge on any atom is -0.444 e. The van der Waals surface area contributed by atoms with Gasteiger partial charge in [-0.05, 0) is 52.2 Å². The molecule has 0 saturated carbocycles. The number of nitrogens with zero attached hydrogens (tertiary/aromatic N) is 4. The van der Waals surface area contributed by atoms with E-state index < -0.39 is 17.6 Å². The summed E-state index contributed by atoms with van der Waals surface area (Å²) in [6.45, 7) is 10.9. The Balaban J connectivity index is 1.17. The standard InChI is InChI=1S/C27H40N6O5/c1-27(2,3)38-26(37)29-19-7-12-33(13-8-19)24(35)9-11-31-14-16-32(17-15-31)20-6-10-28-22(18-20)21-4-5-23(34)30-25(21)36/h6,10,18-19,21H,4-5,7-9,11-17H2,1-3H3,(H,29,37)(H,30,34,36). The van der Waals surface area contributed by atoms with Crippen LogP contribution in [-0.4, -0.2) is 96.1 Å². The van der Waals surface area contributed by atoms with Crippen molar-refractivity contribution in [2.75, 3.05) is 50.7 Å². The van der Waals surface area contributed by atoms with Crippen LogP contribution in [0.5, 0.6) is 0 Å². The van der Waals surface area contributed by atoms with Crippen LogP contribution in [0.15, 0.2) is 18.3 Å². The smallest absolute Gasteiger partial charge is 0.407 e. The summed E-state index contributed by atoms with van der Waals surface area (Å²) in [5, 5.41) is 5.32. The van der Waals surface area contributed by atoms with E-state index in [1.54, 1.807) is 6.20 Å². The van der Waals surface area contributed by atoms with Crippen molar-refractivity contribution in [2.45, 2.75) is 70.4 Å². The van der Waals surface area contributed by atoms with Gasteiger partial charge in [0.05, 0.1) is 11.6 Å². The first-order valence-electron chi connectivity index (χ1n) is 13.6. The van der Waals surface area contributed by atoms with Gasteiger partial charge in [0.2, 0.25) is 17.7 Å². The van der Waals surface area contributed by atoms with E-state index in [0.717, 1.165) is 51.3 Å². The summed E-state index contributed by atoms with van der Waals surface area (Å²) in [7, 11) is 0. The van der Waals surface area contributed by atoms with Crippen LogP contribution in [0.1, 0.15) is 64.5 Å². The summed E-state index contributed by atoms with van der Waals surface area (Å²) >= 11 is 0. The monoisotopic (exact) mass is 528 g/mol. The van der Waals surface area contributed by atoms with Crippen molar-refractivity contribution in [3.05, 3.63) is 24.0 Å². The summed E-state index contributed by atoms with van der Waals surface area (Å²) in [5.41, 5.74) is 1.20. The van der Waals surface area contributed by atoms with E-state index in [-0.39, 0.29) is 23.8 Å². The minimum absolute atomic E-state index is 0.0330. The number of carbonyl (C=O) groups is 4. The van der Waals surface area contributed by atoms with Gasteiger partial charge in [0.1, 0.15) is 5.60 Å². The molecular weight excluding hydrogens is 488 g/mol.